The summed E-state index contributed by atoms with van der Waals surface area (Å²) >= 11 is 0. The fraction of sp³-hybridized carbons (Fsp3) is 0.480. The Kier molecular flexibility index (Phi) is 7.98. The highest BCUT2D eigenvalue weighted by molar-refractivity contribution is 5.85. The van der Waals surface area contributed by atoms with Crippen LogP contribution in [0.15, 0.2) is 54.6 Å². The third kappa shape index (κ3) is 5.79. The molecule has 6 heteroatoms. The number of benzene rings is 2. The fourth-order valence-corrected chi connectivity index (χ4v) is 4.85. The van der Waals surface area contributed by atoms with Crippen LogP contribution in [0.3, 0.4) is 0 Å². The van der Waals surface area contributed by atoms with Gasteiger partial charge in [0, 0.05) is 25.6 Å². The Hall–Kier alpha value is -2.08. The minimum atomic E-state index is 0. The molecule has 2 aromatic rings. The van der Waals surface area contributed by atoms with E-state index in [1.165, 1.54) is 5.56 Å². The van der Waals surface area contributed by atoms with Gasteiger partial charge in [0.2, 0.25) is 5.91 Å². The van der Waals surface area contributed by atoms with Gasteiger partial charge in [0.15, 0.2) is 0 Å². The van der Waals surface area contributed by atoms with Gasteiger partial charge < -0.3 is 20.3 Å². The van der Waals surface area contributed by atoms with Crippen molar-refractivity contribution in [3.8, 4) is 5.75 Å². The molecule has 168 valence electrons. The molecule has 1 amide bonds. The molecular weight excluding hydrogens is 410 g/mol. The molecule has 2 aromatic carbocycles. The zero-order valence-electron chi connectivity index (χ0n) is 18.3. The van der Waals surface area contributed by atoms with Crippen molar-refractivity contribution in [3.63, 3.8) is 0 Å². The minimum Gasteiger partial charge on any atom is -0.497 e. The molecule has 2 aliphatic rings. The van der Waals surface area contributed by atoms with E-state index >= 15 is 0 Å². The topological polar surface area (TPSA) is 58.8 Å². The summed E-state index contributed by atoms with van der Waals surface area (Å²) in [5, 5.41) is 0. The van der Waals surface area contributed by atoms with Crippen LogP contribution >= 0.6 is 12.4 Å². The number of carbonyl (C=O) groups excluding carboxylic acids is 1. The van der Waals surface area contributed by atoms with E-state index in [2.05, 4.69) is 41.3 Å². The van der Waals surface area contributed by atoms with Crippen molar-refractivity contribution in [3.05, 3.63) is 65.7 Å². The van der Waals surface area contributed by atoms with E-state index in [4.69, 9.17) is 10.5 Å². The smallest absolute Gasteiger partial charge is 0.223 e. The van der Waals surface area contributed by atoms with Gasteiger partial charge >= 0.3 is 0 Å². The third-order valence-corrected chi connectivity index (χ3v) is 6.84. The average molecular weight is 444 g/mol. The Labute approximate surface area is 192 Å². The molecule has 2 fully saturated rings. The van der Waals surface area contributed by atoms with E-state index < -0.39 is 0 Å². The molecule has 2 N–H and O–H groups in total. The molecule has 2 heterocycles. The quantitative estimate of drug-likeness (QED) is 0.702. The first-order valence-corrected chi connectivity index (χ1v) is 11.0. The van der Waals surface area contributed by atoms with E-state index in [1.54, 1.807) is 7.11 Å². The van der Waals surface area contributed by atoms with Gasteiger partial charge in [0.05, 0.1) is 7.11 Å². The van der Waals surface area contributed by atoms with Crippen molar-refractivity contribution in [2.75, 3.05) is 33.3 Å². The van der Waals surface area contributed by atoms with Crippen LogP contribution in [-0.4, -0.2) is 49.0 Å². The molecule has 0 unspecified atom stereocenters. The second-order valence-electron chi connectivity index (χ2n) is 8.92. The SMILES string of the molecule is COc1ccc(CN2CC3(CCN(CC[C@H](N)c4ccccc4)CC3)CC2=O)cc1.Cl. The van der Waals surface area contributed by atoms with Crippen LogP contribution < -0.4 is 10.5 Å². The number of carbonyl (C=O) groups is 1. The van der Waals surface area contributed by atoms with E-state index in [1.807, 2.05) is 23.1 Å². The molecule has 0 radical (unpaired) electrons. The Morgan fingerprint density at radius 1 is 1.06 bits per heavy atom. The molecular formula is C25H34ClN3O2. The number of ether oxygens (including phenoxy) is 1. The largest absolute Gasteiger partial charge is 0.497 e. The van der Waals surface area contributed by atoms with Crippen LogP contribution in [0.25, 0.3) is 0 Å². The summed E-state index contributed by atoms with van der Waals surface area (Å²) in [7, 11) is 1.67. The Bertz CT molecular complexity index is 836. The van der Waals surface area contributed by atoms with Gasteiger partial charge in [-0.2, -0.15) is 0 Å². The van der Waals surface area contributed by atoms with Crippen LogP contribution in [0.1, 0.15) is 42.9 Å². The van der Waals surface area contributed by atoms with Gasteiger partial charge in [-0.15, -0.1) is 12.4 Å². The maximum atomic E-state index is 12.7. The van der Waals surface area contributed by atoms with Crippen molar-refractivity contribution in [1.82, 2.24) is 9.80 Å². The first-order chi connectivity index (χ1) is 14.6. The molecule has 31 heavy (non-hydrogen) atoms. The van der Waals surface area contributed by atoms with Gasteiger partial charge in [-0.25, -0.2) is 0 Å². The van der Waals surface area contributed by atoms with E-state index in [0.717, 1.165) is 56.8 Å². The summed E-state index contributed by atoms with van der Waals surface area (Å²) in [6, 6.07) is 18.5. The summed E-state index contributed by atoms with van der Waals surface area (Å²) in [4.78, 5) is 17.3. The molecule has 1 spiro atoms. The number of rotatable bonds is 7. The minimum absolute atomic E-state index is 0. The normalized spacial score (nSPS) is 19.3. The maximum Gasteiger partial charge on any atom is 0.223 e. The predicted molar refractivity (Wildman–Crippen MR) is 126 cm³/mol. The predicted octanol–water partition coefficient (Wildman–Crippen LogP) is 4.02. The molecule has 1 atom stereocenters. The number of hydrogen-bond donors (Lipinski definition) is 1. The van der Waals surface area contributed by atoms with Crippen molar-refractivity contribution < 1.29 is 9.53 Å². The Morgan fingerprint density at radius 2 is 1.74 bits per heavy atom. The Balaban J connectivity index is 0.00000272. The van der Waals surface area contributed by atoms with Crippen molar-refractivity contribution in [1.29, 1.82) is 0 Å². The third-order valence-electron chi connectivity index (χ3n) is 6.84. The summed E-state index contributed by atoms with van der Waals surface area (Å²) in [5.41, 5.74) is 8.89. The van der Waals surface area contributed by atoms with E-state index in [9.17, 15) is 4.79 Å². The number of nitrogens with zero attached hydrogens (tertiary/aromatic N) is 2. The number of nitrogens with two attached hydrogens (primary N) is 1. The van der Waals surface area contributed by atoms with Crippen molar-refractivity contribution >= 4 is 18.3 Å². The number of methoxy groups -OCH3 is 1. The molecule has 0 aromatic heterocycles. The molecule has 5 nitrogen and oxygen atoms in total. The average Bonchev–Trinajstić information content (AvgIpc) is 3.08. The van der Waals surface area contributed by atoms with Gasteiger partial charge in [-0.1, -0.05) is 42.5 Å². The standard InChI is InChI=1S/C25H33N3O2.ClH/c1-30-22-9-7-20(8-10-22)18-28-19-25(17-24(28)29)12-15-27(16-13-25)14-11-23(26)21-5-3-2-4-6-21;/h2-10,23H,11-19,26H2,1H3;1H/t23-;/m0./s1. The van der Waals surface area contributed by atoms with Crippen LogP contribution in [0.2, 0.25) is 0 Å². The molecule has 2 saturated heterocycles. The van der Waals surface area contributed by atoms with Crippen molar-refractivity contribution in [2.45, 2.75) is 38.3 Å². The van der Waals surface area contributed by atoms with E-state index in [0.29, 0.717) is 18.9 Å². The molecule has 0 aliphatic carbocycles. The lowest BCUT2D eigenvalue weighted by atomic mass is 9.77. The first-order valence-electron chi connectivity index (χ1n) is 11.0. The number of likely N-dealkylation sites (tertiary alicyclic amines) is 2. The fourth-order valence-electron chi connectivity index (χ4n) is 4.85. The first kappa shape index (κ1) is 23.6. The lowest BCUT2D eigenvalue weighted by molar-refractivity contribution is -0.128. The molecule has 0 bridgehead atoms. The zero-order valence-corrected chi connectivity index (χ0v) is 19.2. The highest BCUT2D eigenvalue weighted by Crippen LogP contribution is 2.41. The monoisotopic (exact) mass is 443 g/mol. The van der Waals surface area contributed by atoms with Crippen molar-refractivity contribution in [2.24, 2.45) is 11.1 Å². The summed E-state index contributed by atoms with van der Waals surface area (Å²) in [6.45, 7) is 4.72. The van der Waals surface area contributed by atoms with E-state index in [-0.39, 0.29) is 23.9 Å². The molecule has 0 saturated carbocycles. The highest BCUT2D eigenvalue weighted by Gasteiger charge is 2.44. The molecule has 2 aliphatic heterocycles. The second kappa shape index (κ2) is 10.5. The second-order valence-corrected chi connectivity index (χ2v) is 8.92. The number of hydrogen-bond acceptors (Lipinski definition) is 4. The highest BCUT2D eigenvalue weighted by atomic mass is 35.5. The summed E-state index contributed by atoms with van der Waals surface area (Å²) in [6.07, 6.45) is 3.86. The van der Waals surface area contributed by atoms with Gasteiger partial charge in [0.1, 0.15) is 5.75 Å². The molecule has 4 rings (SSSR count). The van der Waals surface area contributed by atoms with Crippen LogP contribution in [0.5, 0.6) is 5.75 Å². The summed E-state index contributed by atoms with van der Waals surface area (Å²) in [5.74, 6) is 1.15. The number of halogens is 1. The van der Waals surface area contributed by atoms with Gasteiger partial charge in [0.25, 0.3) is 0 Å². The maximum absolute atomic E-state index is 12.7. The lowest BCUT2D eigenvalue weighted by Crippen LogP contribution is -2.42. The van der Waals surface area contributed by atoms with Gasteiger partial charge in [-0.3, -0.25) is 4.79 Å². The lowest BCUT2D eigenvalue weighted by Gasteiger charge is -2.39. The Morgan fingerprint density at radius 3 is 2.39 bits per heavy atom. The van der Waals surface area contributed by atoms with Crippen LogP contribution in [-0.2, 0) is 11.3 Å². The van der Waals surface area contributed by atoms with Crippen LogP contribution in [0.4, 0.5) is 0 Å². The number of amides is 1. The van der Waals surface area contributed by atoms with Gasteiger partial charge in [-0.05, 0) is 67.6 Å². The van der Waals surface area contributed by atoms with Crippen LogP contribution in [0, 0.1) is 5.41 Å². The zero-order chi connectivity index (χ0) is 21.0. The number of piperidine rings is 1. The summed E-state index contributed by atoms with van der Waals surface area (Å²) < 4.78 is 5.23.